The minimum absolute atomic E-state index is 0.00459. The highest BCUT2D eigenvalue weighted by Crippen LogP contribution is 2.33. The largest absolute Gasteiger partial charge is 0.507 e. The number of hydrogen-bond acceptors (Lipinski definition) is 12. The number of rotatable bonds is 10. The Morgan fingerprint density at radius 3 is 1.95 bits per heavy atom. The van der Waals surface area contributed by atoms with E-state index < -0.39 is 66.9 Å². The molecule has 0 aromatic heterocycles. The van der Waals surface area contributed by atoms with Crippen molar-refractivity contribution in [2.45, 2.75) is 64.8 Å². The molecular weight excluding hydrogens is 564 g/mol. The summed E-state index contributed by atoms with van der Waals surface area (Å²) in [7, 11) is 0. The highest BCUT2D eigenvalue weighted by atomic mass is 35.5. The van der Waals surface area contributed by atoms with Crippen LogP contribution >= 0.6 is 11.6 Å². The van der Waals surface area contributed by atoms with Gasteiger partial charge in [-0.25, -0.2) is 0 Å². The molecule has 13 heteroatoms. The van der Waals surface area contributed by atoms with Gasteiger partial charge in [-0.3, -0.25) is 24.0 Å². The molecule has 1 N–H and O–H groups in total. The molecule has 0 spiro atoms. The van der Waals surface area contributed by atoms with Crippen molar-refractivity contribution >= 4 is 41.3 Å². The molecule has 2 aromatic carbocycles. The van der Waals surface area contributed by atoms with Crippen LogP contribution in [0.5, 0.6) is 11.5 Å². The lowest BCUT2D eigenvalue weighted by Gasteiger charge is -2.43. The van der Waals surface area contributed by atoms with Gasteiger partial charge < -0.3 is 33.5 Å². The quantitative estimate of drug-likeness (QED) is 0.244. The van der Waals surface area contributed by atoms with Crippen LogP contribution in [0.4, 0.5) is 0 Å². The zero-order valence-electron chi connectivity index (χ0n) is 22.7. The van der Waals surface area contributed by atoms with E-state index in [-0.39, 0.29) is 23.5 Å². The third-order valence-electron chi connectivity index (χ3n) is 5.75. The van der Waals surface area contributed by atoms with Gasteiger partial charge >= 0.3 is 23.9 Å². The van der Waals surface area contributed by atoms with Crippen molar-refractivity contribution in [2.24, 2.45) is 0 Å². The number of phenols is 1. The van der Waals surface area contributed by atoms with E-state index in [9.17, 15) is 29.1 Å². The molecule has 1 heterocycles. The summed E-state index contributed by atoms with van der Waals surface area (Å²) in [6, 6.07) is 10.6. The molecule has 0 saturated carbocycles. The van der Waals surface area contributed by atoms with Crippen molar-refractivity contribution in [3.8, 4) is 11.5 Å². The van der Waals surface area contributed by atoms with Gasteiger partial charge in [-0.15, -0.1) is 0 Å². The molecule has 0 amide bonds. The molecule has 3 rings (SSSR count). The molecule has 0 radical (unpaired) electrons. The van der Waals surface area contributed by atoms with Crippen molar-refractivity contribution in [2.75, 3.05) is 6.61 Å². The zero-order chi connectivity index (χ0) is 30.3. The molecule has 0 bridgehead atoms. The fourth-order valence-electron chi connectivity index (χ4n) is 4.12. The Balaban J connectivity index is 1.90. The van der Waals surface area contributed by atoms with Crippen molar-refractivity contribution < 1.29 is 57.5 Å². The minimum atomic E-state index is -1.49. The number of halogens is 1. The number of ketones is 1. The van der Waals surface area contributed by atoms with Gasteiger partial charge in [-0.1, -0.05) is 23.7 Å². The van der Waals surface area contributed by atoms with Gasteiger partial charge in [0.2, 0.25) is 12.4 Å². The number of ether oxygens (including phenoxy) is 6. The van der Waals surface area contributed by atoms with E-state index >= 15 is 0 Å². The molecule has 2 aromatic rings. The average molecular weight is 593 g/mol. The fraction of sp³-hybridized carbons (Fsp3) is 0.393. The molecule has 0 aliphatic carbocycles. The molecule has 1 aliphatic heterocycles. The van der Waals surface area contributed by atoms with Gasteiger partial charge in [0.15, 0.2) is 18.0 Å². The molecule has 5 atom stereocenters. The van der Waals surface area contributed by atoms with Crippen LogP contribution in [0.3, 0.4) is 0 Å². The fourth-order valence-corrected chi connectivity index (χ4v) is 4.25. The minimum Gasteiger partial charge on any atom is -0.507 e. The third kappa shape index (κ3) is 8.92. The highest BCUT2D eigenvalue weighted by molar-refractivity contribution is 6.30. The second kappa shape index (κ2) is 14.0. The summed E-state index contributed by atoms with van der Waals surface area (Å²) in [5, 5.41) is 11.1. The second-order valence-corrected chi connectivity index (χ2v) is 9.53. The van der Waals surface area contributed by atoms with Crippen LogP contribution in [0.1, 0.15) is 43.6 Å². The van der Waals surface area contributed by atoms with Crippen molar-refractivity contribution in [1.29, 1.82) is 0 Å². The molecule has 41 heavy (non-hydrogen) atoms. The average Bonchev–Trinajstić information content (AvgIpc) is 2.87. The molecule has 1 fully saturated rings. The first kappa shape index (κ1) is 31.4. The predicted molar refractivity (Wildman–Crippen MR) is 140 cm³/mol. The maximum atomic E-state index is 12.8. The van der Waals surface area contributed by atoms with E-state index in [1.54, 1.807) is 24.3 Å². The van der Waals surface area contributed by atoms with E-state index in [1.807, 2.05) is 0 Å². The third-order valence-corrected chi connectivity index (χ3v) is 6.00. The van der Waals surface area contributed by atoms with Crippen molar-refractivity contribution in [3.05, 3.63) is 58.6 Å². The summed E-state index contributed by atoms with van der Waals surface area (Å²) >= 11 is 5.89. The Morgan fingerprint density at radius 1 is 0.805 bits per heavy atom. The SMILES string of the molecule is CC(=O)OC[C@H]1O[C@H](Oc2ccc(C(=O)Cc3ccc(Cl)cc3)c(O)c2)[C@@H](OC(C)=O)[C@@H](OC(C)=O)[C@@H]1OC(C)=O. The Hall–Kier alpha value is -4.16. The number of hydrogen-bond donors (Lipinski definition) is 1. The van der Waals surface area contributed by atoms with E-state index in [2.05, 4.69) is 0 Å². The number of esters is 4. The van der Waals surface area contributed by atoms with Gasteiger partial charge in [0.1, 0.15) is 24.2 Å². The summed E-state index contributed by atoms with van der Waals surface area (Å²) in [5.41, 5.74) is 0.713. The van der Waals surface area contributed by atoms with Crippen LogP contribution in [0.25, 0.3) is 0 Å². The normalized spacial score (nSPS) is 21.7. The second-order valence-electron chi connectivity index (χ2n) is 9.09. The summed E-state index contributed by atoms with van der Waals surface area (Å²) in [4.78, 5) is 60.1. The van der Waals surface area contributed by atoms with Crippen molar-refractivity contribution in [1.82, 2.24) is 0 Å². The maximum absolute atomic E-state index is 12.8. The van der Waals surface area contributed by atoms with Crippen molar-refractivity contribution in [3.63, 3.8) is 0 Å². The Morgan fingerprint density at radius 2 is 1.39 bits per heavy atom. The first-order valence-electron chi connectivity index (χ1n) is 12.4. The van der Waals surface area contributed by atoms with E-state index in [0.29, 0.717) is 10.6 Å². The molecule has 220 valence electrons. The summed E-state index contributed by atoms with van der Waals surface area (Å²) in [5.74, 6) is -3.80. The number of phenolic OH excluding ortho intramolecular Hbond substituents is 1. The number of aromatic hydroxyl groups is 1. The van der Waals surface area contributed by atoms with Crippen LogP contribution in [0, 0.1) is 0 Å². The lowest BCUT2D eigenvalue weighted by molar-refractivity contribution is -0.288. The summed E-state index contributed by atoms with van der Waals surface area (Å²) < 4.78 is 32.8. The lowest BCUT2D eigenvalue weighted by Crippen LogP contribution is -2.63. The smallest absolute Gasteiger partial charge is 0.303 e. The first-order valence-corrected chi connectivity index (χ1v) is 12.8. The summed E-state index contributed by atoms with van der Waals surface area (Å²) in [6.45, 7) is 4.03. The highest BCUT2D eigenvalue weighted by Gasteiger charge is 2.53. The molecule has 1 saturated heterocycles. The molecule has 0 unspecified atom stereocenters. The number of Topliss-reactive ketones (excluding diaryl/α,β-unsaturated/α-hetero) is 1. The molecule has 1 aliphatic rings. The van der Waals surface area contributed by atoms with Gasteiger partial charge in [-0.05, 0) is 29.8 Å². The predicted octanol–water partition coefficient (Wildman–Crippen LogP) is 2.93. The Bertz CT molecular complexity index is 1290. The standard InChI is InChI=1S/C28H29ClO12/c1-14(30)36-13-24-25(37-15(2)31)26(38-16(3)32)27(39-17(4)33)28(41-24)40-20-9-10-21(23(35)12-20)22(34)11-18-5-7-19(29)8-6-18/h5-10,12,24-28,35H,11,13H2,1-4H3/t24-,25-,26+,27+,28+/m1/s1. The van der Waals surface area contributed by atoms with E-state index in [0.717, 1.165) is 33.8 Å². The van der Waals surface area contributed by atoms with E-state index in [1.165, 1.54) is 12.1 Å². The Labute approximate surface area is 240 Å². The van der Waals surface area contributed by atoms with Gasteiger partial charge in [0, 0.05) is 45.2 Å². The number of benzene rings is 2. The van der Waals surface area contributed by atoms with Gasteiger partial charge in [0.25, 0.3) is 0 Å². The van der Waals surface area contributed by atoms with Crippen LogP contribution in [-0.4, -0.2) is 72.1 Å². The van der Waals surface area contributed by atoms with Crippen LogP contribution in [-0.2, 0) is 49.3 Å². The lowest BCUT2D eigenvalue weighted by atomic mass is 9.98. The number of carbonyl (C=O) groups is 5. The van der Waals surface area contributed by atoms with E-state index in [4.69, 9.17) is 40.0 Å². The van der Waals surface area contributed by atoms with Crippen LogP contribution in [0.2, 0.25) is 5.02 Å². The maximum Gasteiger partial charge on any atom is 0.303 e. The monoisotopic (exact) mass is 592 g/mol. The van der Waals surface area contributed by atoms with Crippen LogP contribution in [0.15, 0.2) is 42.5 Å². The number of carbonyl (C=O) groups excluding carboxylic acids is 5. The summed E-state index contributed by atoms with van der Waals surface area (Å²) in [6.07, 6.45) is -6.93. The first-order chi connectivity index (χ1) is 19.3. The van der Waals surface area contributed by atoms with Gasteiger partial charge in [0.05, 0.1) is 5.56 Å². The van der Waals surface area contributed by atoms with Gasteiger partial charge in [-0.2, -0.15) is 0 Å². The molecule has 12 nitrogen and oxygen atoms in total. The zero-order valence-corrected chi connectivity index (χ0v) is 23.4. The molecular formula is C28H29ClO12. The Kier molecular flexibility index (Phi) is 10.7. The van der Waals surface area contributed by atoms with Crippen LogP contribution < -0.4 is 4.74 Å². The topological polar surface area (TPSA) is 161 Å².